The molecule has 1 N–H and O–H groups in total. The van der Waals surface area contributed by atoms with Crippen molar-refractivity contribution in [3.63, 3.8) is 0 Å². The molecule has 2 atom stereocenters. The van der Waals surface area contributed by atoms with Crippen molar-refractivity contribution < 1.29 is 14.3 Å². The van der Waals surface area contributed by atoms with Gasteiger partial charge in [-0.25, -0.2) is 0 Å². The number of aromatic nitrogens is 3. The third-order valence-electron chi connectivity index (χ3n) is 6.06. The molecule has 4 rings (SSSR count). The van der Waals surface area contributed by atoms with Crippen LogP contribution in [0.15, 0.2) is 66.9 Å². The molecule has 1 saturated heterocycles. The Kier molecular flexibility index (Phi) is 6.74. The molecule has 1 aromatic carbocycles. The third-order valence-corrected chi connectivity index (χ3v) is 6.06. The maximum absolute atomic E-state index is 13.3. The number of hydrogen-bond donors (Lipinski definition) is 1. The minimum Gasteiger partial charge on any atom is -0.364 e. The Hall–Kier alpha value is -3.65. The molecule has 0 aliphatic carbocycles. The number of pyridine rings is 1. The molecule has 3 heterocycles. The van der Waals surface area contributed by atoms with Crippen molar-refractivity contribution in [1.29, 1.82) is 0 Å². The molecule has 1 aliphatic heterocycles. The summed E-state index contributed by atoms with van der Waals surface area (Å²) in [6, 6.07) is 18.6. The van der Waals surface area contributed by atoms with Gasteiger partial charge in [-0.3, -0.25) is 14.6 Å². The van der Waals surface area contributed by atoms with Crippen LogP contribution in [0.2, 0.25) is 0 Å². The van der Waals surface area contributed by atoms with Crippen molar-refractivity contribution in [3.8, 4) is 0 Å². The van der Waals surface area contributed by atoms with Crippen molar-refractivity contribution in [3.05, 3.63) is 83.8 Å². The van der Waals surface area contributed by atoms with Crippen molar-refractivity contribution in [2.24, 2.45) is 0 Å². The second-order valence-electron chi connectivity index (χ2n) is 8.23. The monoisotopic (exact) mass is 445 g/mol. The van der Waals surface area contributed by atoms with Gasteiger partial charge in [0.2, 0.25) is 5.91 Å². The standard InChI is InChI=1S/C25H27N5O3/c1-25(33-2,19-8-4-3-5-9-19)24(32)30-15-13-18(17-30)21-11-12-22(29-28-21)27-23(31)16-20-10-6-7-14-26-20/h3-12,14,18H,13,15-17H2,1-2H3,(H,27,29,31)/t18-,25-/m1/s1. The summed E-state index contributed by atoms with van der Waals surface area (Å²) in [5.74, 6) is 0.205. The maximum atomic E-state index is 13.3. The fourth-order valence-electron chi connectivity index (χ4n) is 4.05. The number of nitrogens with one attached hydrogen (secondary N) is 1. The molecule has 33 heavy (non-hydrogen) atoms. The summed E-state index contributed by atoms with van der Waals surface area (Å²) in [6.45, 7) is 2.98. The Morgan fingerprint density at radius 2 is 1.88 bits per heavy atom. The molecule has 8 heteroatoms. The zero-order valence-corrected chi connectivity index (χ0v) is 18.8. The highest BCUT2D eigenvalue weighted by atomic mass is 16.5. The Bertz CT molecular complexity index is 1090. The minimum atomic E-state index is -1.04. The van der Waals surface area contributed by atoms with Crippen LogP contribution in [0, 0.1) is 0 Å². The van der Waals surface area contributed by atoms with E-state index in [0.29, 0.717) is 24.6 Å². The van der Waals surface area contributed by atoms with Gasteiger partial charge in [0.25, 0.3) is 5.91 Å². The van der Waals surface area contributed by atoms with E-state index < -0.39 is 5.60 Å². The lowest BCUT2D eigenvalue weighted by Gasteiger charge is -2.32. The number of ether oxygens (including phenoxy) is 1. The highest BCUT2D eigenvalue weighted by Crippen LogP contribution is 2.32. The number of methoxy groups -OCH3 is 1. The molecule has 2 amide bonds. The van der Waals surface area contributed by atoms with Gasteiger partial charge >= 0.3 is 0 Å². The highest BCUT2D eigenvalue weighted by Gasteiger charge is 2.41. The zero-order chi connectivity index (χ0) is 23.3. The van der Waals surface area contributed by atoms with E-state index in [9.17, 15) is 9.59 Å². The first kappa shape index (κ1) is 22.5. The fourth-order valence-corrected chi connectivity index (χ4v) is 4.05. The lowest BCUT2D eigenvalue weighted by Crippen LogP contribution is -2.45. The van der Waals surface area contributed by atoms with Crippen molar-refractivity contribution in [1.82, 2.24) is 20.1 Å². The Morgan fingerprint density at radius 3 is 2.55 bits per heavy atom. The van der Waals surface area contributed by atoms with Crippen molar-refractivity contribution in [2.75, 3.05) is 25.5 Å². The molecule has 8 nitrogen and oxygen atoms in total. The van der Waals surface area contributed by atoms with E-state index in [1.54, 1.807) is 38.4 Å². The predicted molar refractivity (Wildman–Crippen MR) is 123 cm³/mol. The number of amides is 2. The van der Waals surface area contributed by atoms with Gasteiger partial charge in [0.1, 0.15) is 0 Å². The summed E-state index contributed by atoms with van der Waals surface area (Å²) in [4.78, 5) is 31.5. The SMILES string of the molecule is CO[C@@](C)(C(=O)N1CC[C@@H](c2ccc(NC(=O)Cc3ccccn3)nn2)C1)c1ccccc1. The molecule has 2 aromatic heterocycles. The number of nitrogens with zero attached hydrogens (tertiary/aromatic N) is 4. The first-order chi connectivity index (χ1) is 16.0. The van der Waals surface area contributed by atoms with Crippen LogP contribution in [-0.4, -0.2) is 52.1 Å². The number of benzene rings is 1. The lowest BCUT2D eigenvalue weighted by atomic mass is 9.94. The number of carbonyl (C=O) groups is 2. The average Bonchev–Trinajstić information content (AvgIpc) is 3.35. The van der Waals surface area contributed by atoms with Gasteiger partial charge < -0.3 is 15.0 Å². The number of anilines is 1. The second kappa shape index (κ2) is 9.87. The summed E-state index contributed by atoms with van der Waals surface area (Å²) < 4.78 is 5.67. The molecule has 0 bridgehead atoms. The van der Waals surface area contributed by atoms with Crippen molar-refractivity contribution >= 4 is 17.6 Å². The van der Waals surface area contributed by atoms with Crippen LogP contribution in [0.1, 0.15) is 36.2 Å². The Labute approximate surface area is 193 Å². The molecule has 0 unspecified atom stereocenters. The molecule has 1 aliphatic rings. The maximum Gasteiger partial charge on any atom is 0.259 e. The molecule has 0 radical (unpaired) electrons. The largest absolute Gasteiger partial charge is 0.364 e. The quantitative estimate of drug-likeness (QED) is 0.601. The molecule has 0 saturated carbocycles. The van der Waals surface area contributed by atoms with Crippen LogP contribution in [0.3, 0.4) is 0 Å². The van der Waals surface area contributed by atoms with Gasteiger partial charge in [-0.1, -0.05) is 36.4 Å². The summed E-state index contributed by atoms with van der Waals surface area (Å²) in [5, 5.41) is 11.2. The zero-order valence-electron chi connectivity index (χ0n) is 18.8. The van der Waals surface area contributed by atoms with Crippen LogP contribution in [0.4, 0.5) is 5.82 Å². The first-order valence-electron chi connectivity index (χ1n) is 10.9. The van der Waals surface area contributed by atoms with E-state index in [1.165, 1.54) is 0 Å². The molecular weight excluding hydrogens is 418 g/mol. The highest BCUT2D eigenvalue weighted by molar-refractivity contribution is 5.91. The number of likely N-dealkylation sites (tertiary alicyclic amines) is 1. The van der Waals surface area contributed by atoms with Gasteiger partial charge in [0.05, 0.1) is 12.1 Å². The van der Waals surface area contributed by atoms with Gasteiger partial charge in [-0.2, -0.15) is 5.10 Å². The van der Waals surface area contributed by atoms with E-state index in [4.69, 9.17) is 4.74 Å². The van der Waals surface area contributed by atoms with Gasteiger partial charge in [-0.05, 0) is 43.2 Å². The summed E-state index contributed by atoms with van der Waals surface area (Å²) in [6.07, 6.45) is 2.62. The van der Waals surface area contributed by atoms with Crippen LogP contribution >= 0.6 is 0 Å². The lowest BCUT2D eigenvalue weighted by molar-refractivity contribution is -0.153. The normalized spacial score (nSPS) is 17.4. The van der Waals surface area contributed by atoms with E-state index in [-0.39, 0.29) is 24.2 Å². The van der Waals surface area contributed by atoms with Crippen LogP contribution in [-0.2, 0) is 26.3 Å². The average molecular weight is 446 g/mol. The molecular formula is C25H27N5O3. The van der Waals surface area contributed by atoms with Gasteiger partial charge in [0.15, 0.2) is 11.4 Å². The predicted octanol–water partition coefficient (Wildman–Crippen LogP) is 2.93. The van der Waals surface area contributed by atoms with E-state index in [2.05, 4.69) is 20.5 Å². The van der Waals surface area contributed by atoms with Crippen LogP contribution in [0.5, 0.6) is 0 Å². The smallest absolute Gasteiger partial charge is 0.259 e. The molecule has 0 spiro atoms. The topological polar surface area (TPSA) is 97.3 Å². The van der Waals surface area contributed by atoms with E-state index in [1.807, 2.05) is 47.4 Å². The van der Waals surface area contributed by atoms with Crippen molar-refractivity contribution in [2.45, 2.75) is 31.3 Å². The number of hydrogen-bond acceptors (Lipinski definition) is 6. The third kappa shape index (κ3) is 5.06. The molecule has 1 fully saturated rings. The molecule has 3 aromatic rings. The first-order valence-corrected chi connectivity index (χ1v) is 10.9. The second-order valence-corrected chi connectivity index (χ2v) is 8.23. The number of carbonyl (C=O) groups excluding carboxylic acids is 2. The summed E-state index contributed by atoms with van der Waals surface area (Å²) in [5.41, 5.74) is 1.27. The Balaban J connectivity index is 1.37. The molecule has 170 valence electrons. The van der Waals surface area contributed by atoms with E-state index in [0.717, 1.165) is 17.7 Å². The Morgan fingerprint density at radius 1 is 1.09 bits per heavy atom. The number of rotatable bonds is 7. The summed E-state index contributed by atoms with van der Waals surface area (Å²) >= 11 is 0. The fraction of sp³-hybridized carbons (Fsp3) is 0.320. The minimum absolute atomic E-state index is 0.0648. The van der Waals surface area contributed by atoms with Gasteiger partial charge in [-0.15, -0.1) is 5.10 Å². The van der Waals surface area contributed by atoms with Crippen LogP contribution < -0.4 is 5.32 Å². The van der Waals surface area contributed by atoms with Gasteiger partial charge in [0, 0.05) is 38.0 Å². The van der Waals surface area contributed by atoms with Crippen LogP contribution in [0.25, 0.3) is 0 Å². The summed E-state index contributed by atoms with van der Waals surface area (Å²) in [7, 11) is 1.56. The van der Waals surface area contributed by atoms with E-state index >= 15 is 0 Å².